The number of ether oxygens (including phenoxy) is 1. The van der Waals surface area contributed by atoms with Crippen molar-refractivity contribution in [3.8, 4) is 5.75 Å². The van der Waals surface area contributed by atoms with Gasteiger partial charge in [0.05, 0.1) is 11.6 Å². The van der Waals surface area contributed by atoms with Gasteiger partial charge in [0, 0.05) is 5.92 Å². The van der Waals surface area contributed by atoms with Crippen LogP contribution in [0, 0.1) is 5.92 Å². The summed E-state index contributed by atoms with van der Waals surface area (Å²) < 4.78 is 5.99. The number of hydrogen-bond donors (Lipinski definition) is 1. The van der Waals surface area contributed by atoms with E-state index in [9.17, 15) is 0 Å². The maximum atomic E-state index is 5.99. The van der Waals surface area contributed by atoms with Crippen LogP contribution in [0.15, 0.2) is 18.2 Å². The Labute approximate surface area is 135 Å². The Morgan fingerprint density at radius 1 is 1.14 bits per heavy atom. The van der Waals surface area contributed by atoms with Gasteiger partial charge < -0.3 is 10.5 Å². The zero-order chi connectivity index (χ0) is 16.4. The van der Waals surface area contributed by atoms with Gasteiger partial charge in [-0.2, -0.15) is 0 Å². The fourth-order valence-corrected chi connectivity index (χ4v) is 2.07. The van der Waals surface area contributed by atoms with E-state index in [4.69, 9.17) is 22.7 Å². The highest BCUT2D eigenvalue weighted by atomic mass is 32.1. The monoisotopic (exact) mass is 307 g/mol. The second-order valence-electron chi connectivity index (χ2n) is 7.83. The number of nitrogens with two attached hydrogens (primary N) is 1. The minimum Gasteiger partial charge on any atom is -0.493 e. The largest absolute Gasteiger partial charge is 0.493 e. The Morgan fingerprint density at radius 2 is 1.71 bits per heavy atom. The second kappa shape index (κ2) is 6.35. The average Bonchev–Trinajstić information content (AvgIpc) is 2.33. The van der Waals surface area contributed by atoms with Crippen LogP contribution in [0.1, 0.15) is 59.6 Å². The molecule has 2 nitrogen and oxygen atoms in total. The van der Waals surface area contributed by atoms with Gasteiger partial charge in [0.15, 0.2) is 0 Å². The van der Waals surface area contributed by atoms with E-state index in [1.54, 1.807) is 0 Å². The summed E-state index contributed by atoms with van der Waals surface area (Å²) >= 11 is 5.01. The zero-order valence-corrected chi connectivity index (χ0v) is 15.2. The molecule has 0 spiro atoms. The van der Waals surface area contributed by atoms with E-state index >= 15 is 0 Å². The lowest BCUT2D eigenvalue weighted by molar-refractivity contribution is 0.286. The maximum Gasteiger partial charge on any atom is 0.123 e. The fourth-order valence-electron chi connectivity index (χ4n) is 2.01. The molecule has 1 aromatic carbocycles. The van der Waals surface area contributed by atoms with Crippen molar-refractivity contribution >= 4 is 17.2 Å². The van der Waals surface area contributed by atoms with Crippen molar-refractivity contribution in [2.24, 2.45) is 11.7 Å². The minimum absolute atomic E-state index is 0.0308. The molecule has 0 aliphatic rings. The highest BCUT2D eigenvalue weighted by Gasteiger charge is 2.23. The van der Waals surface area contributed by atoms with E-state index in [0.717, 1.165) is 5.75 Å². The van der Waals surface area contributed by atoms with E-state index < -0.39 is 0 Å². The quantitative estimate of drug-likeness (QED) is 0.827. The summed E-state index contributed by atoms with van der Waals surface area (Å²) in [5, 5.41) is 0. The first-order valence-corrected chi connectivity index (χ1v) is 7.91. The van der Waals surface area contributed by atoms with Gasteiger partial charge in [-0.3, -0.25) is 0 Å². The second-order valence-corrected chi connectivity index (χ2v) is 8.30. The van der Waals surface area contributed by atoms with Crippen LogP contribution in [0.5, 0.6) is 5.75 Å². The van der Waals surface area contributed by atoms with Gasteiger partial charge in [-0.1, -0.05) is 72.8 Å². The van der Waals surface area contributed by atoms with E-state index in [1.165, 1.54) is 11.1 Å². The van der Waals surface area contributed by atoms with Crippen molar-refractivity contribution in [2.45, 2.75) is 59.3 Å². The molecule has 3 heteroatoms. The molecule has 0 aliphatic carbocycles. The van der Waals surface area contributed by atoms with Gasteiger partial charge in [-0.25, -0.2) is 0 Å². The standard InChI is InChI=1S/C18H29NOS/c1-12(16(19)21)11-20-15-9-8-13(17(2,3)4)10-14(15)18(5,6)7/h8-10,12H,11H2,1-7H3,(H2,19,21). The van der Waals surface area contributed by atoms with Crippen LogP contribution in [0.2, 0.25) is 0 Å². The van der Waals surface area contributed by atoms with E-state index in [2.05, 4.69) is 59.7 Å². The molecule has 1 rings (SSSR count). The summed E-state index contributed by atoms with van der Waals surface area (Å²) in [5.41, 5.74) is 8.37. The fraction of sp³-hybridized carbons (Fsp3) is 0.611. The van der Waals surface area contributed by atoms with Crippen LogP contribution in [-0.2, 0) is 10.8 Å². The van der Waals surface area contributed by atoms with Crippen LogP contribution in [0.4, 0.5) is 0 Å². The topological polar surface area (TPSA) is 35.2 Å². The summed E-state index contributed by atoms with van der Waals surface area (Å²) in [5.74, 6) is 1.01. The number of hydrogen-bond acceptors (Lipinski definition) is 2. The Bertz CT molecular complexity index is 509. The van der Waals surface area contributed by atoms with E-state index in [-0.39, 0.29) is 16.7 Å². The summed E-state index contributed by atoms with van der Waals surface area (Å²) in [6.07, 6.45) is 0. The van der Waals surface area contributed by atoms with Gasteiger partial charge >= 0.3 is 0 Å². The average molecular weight is 308 g/mol. The third-order valence-electron chi connectivity index (χ3n) is 3.63. The molecule has 0 aliphatic heterocycles. The number of thiocarbonyl (C=S) groups is 1. The first-order valence-electron chi connectivity index (χ1n) is 7.50. The summed E-state index contributed by atoms with van der Waals surface area (Å²) in [7, 11) is 0. The predicted octanol–water partition coefficient (Wildman–Crippen LogP) is 4.58. The van der Waals surface area contributed by atoms with Crippen molar-refractivity contribution in [3.05, 3.63) is 29.3 Å². The van der Waals surface area contributed by atoms with E-state index in [0.29, 0.717) is 11.6 Å². The van der Waals surface area contributed by atoms with Crippen molar-refractivity contribution in [1.29, 1.82) is 0 Å². The molecule has 0 bridgehead atoms. The Kier molecular flexibility index (Phi) is 5.43. The van der Waals surface area contributed by atoms with Crippen LogP contribution < -0.4 is 10.5 Å². The first-order chi connectivity index (χ1) is 9.43. The normalized spacial score (nSPS) is 13.9. The molecule has 118 valence electrons. The molecule has 1 atom stereocenters. The summed E-state index contributed by atoms with van der Waals surface area (Å²) in [6, 6.07) is 6.49. The third kappa shape index (κ3) is 4.99. The molecule has 0 radical (unpaired) electrons. The van der Waals surface area contributed by atoms with Gasteiger partial charge in [-0.15, -0.1) is 0 Å². The Hall–Kier alpha value is -1.09. The molecule has 0 amide bonds. The smallest absolute Gasteiger partial charge is 0.123 e. The molecular formula is C18H29NOS. The molecule has 1 unspecified atom stereocenters. The van der Waals surface area contributed by atoms with Crippen molar-refractivity contribution < 1.29 is 4.74 Å². The predicted molar refractivity (Wildman–Crippen MR) is 95.3 cm³/mol. The first kappa shape index (κ1) is 18.0. The molecule has 21 heavy (non-hydrogen) atoms. The molecule has 2 N–H and O–H groups in total. The van der Waals surface area contributed by atoms with Gasteiger partial charge in [-0.05, 0) is 28.0 Å². The van der Waals surface area contributed by atoms with Crippen molar-refractivity contribution in [2.75, 3.05) is 6.61 Å². The SMILES string of the molecule is CC(COc1ccc(C(C)(C)C)cc1C(C)(C)C)C(N)=S. The van der Waals surface area contributed by atoms with Crippen LogP contribution in [0.25, 0.3) is 0 Å². The summed E-state index contributed by atoms with van der Waals surface area (Å²) in [4.78, 5) is 0.499. The van der Waals surface area contributed by atoms with E-state index in [1.807, 2.05) is 6.92 Å². The van der Waals surface area contributed by atoms with Crippen molar-refractivity contribution in [3.63, 3.8) is 0 Å². The molecule has 0 aromatic heterocycles. The van der Waals surface area contributed by atoms with Gasteiger partial charge in [0.2, 0.25) is 0 Å². The summed E-state index contributed by atoms with van der Waals surface area (Å²) in [6.45, 7) is 15.8. The van der Waals surface area contributed by atoms with Crippen LogP contribution in [-0.4, -0.2) is 11.6 Å². The molecule has 0 saturated carbocycles. The molecule has 0 saturated heterocycles. The molecule has 1 aromatic rings. The van der Waals surface area contributed by atoms with Gasteiger partial charge in [0.25, 0.3) is 0 Å². The maximum absolute atomic E-state index is 5.99. The molecule has 0 fully saturated rings. The number of benzene rings is 1. The highest BCUT2D eigenvalue weighted by molar-refractivity contribution is 7.80. The van der Waals surface area contributed by atoms with Gasteiger partial charge in [0.1, 0.15) is 5.75 Å². The zero-order valence-electron chi connectivity index (χ0n) is 14.4. The van der Waals surface area contributed by atoms with Crippen LogP contribution in [0.3, 0.4) is 0 Å². The molecular weight excluding hydrogens is 278 g/mol. The third-order valence-corrected chi connectivity index (χ3v) is 4.03. The highest BCUT2D eigenvalue weighted by Crippen LogP contribution is 2.35. The Balaban J connectivity index is 3.12. The lowest BCUT2D eigenvalue weighted by Crippen LogP contribution is -2.25. The minimum atomic E-state index is 0.0308. The number of rotatable bonds is 4. The molecule has 0 heterocycles. The van der Waals surface area contributed by atoms with Crippen LogP contribution >= 0.6 is 12.2 Å². The van der Waals surface area contributed by atoms with Crippen molar-refractivity contribution in [1.82, 2.24) is 0 Å². The lowest BCUT2D eigenvalue weighted by Gasteiger charge is -2.27. The Morgan fingerprint density at radius 3 is 2.14 bits per heavy atom. The lowest BCUT2D eigenvalue weighted by atomic mass is 9.80.